The summed E-state index contributed by atoms with van der Waals surface area (Å²) in [6, 6.07) is 12.1. The number of hydrogen-bond acceptors (Lipinski definition) is 5. The molecule has 3 rings (SSSR count). The van der Waals surface area contributed by atoms with Gasteiger partial charge in [0.15, 0.2) is 11.0 Å². The van der Waals surface area contributed by atoms with Gasteiger partial charge in [0.2, 0.25) is 5.91 Å². The molecule has 3 aromatic rings. The molecule has 0 saturated heterocycles. The topological polar surface area (TPSA) is 59.8 Å². The van der Waals surface area contributed by atoms with Crippen molar-refractivity contribution in [1.82, 2.24) is 20.1 Å². The van der Waals surface area contributed by atoms with Crippen LogP contribution in [-0.4, -0.2) is 26.4 Å². The molecule has 0 fully saturated rings. The van der Waals surface area contributed by atoms with Gasteiger partial charge in [-0.3, -0.25) is 4.79 Å². The van der Waals surface area contributed by atoms with Gasteiger partial charge in [0, 0.05) is 22.9 Å². The first-order chi connectivity index (χ1) is 13.0. The zero-order valence-corrected chi connectivity index (χ0v) is 17.6. The van der Waals surface area contributed by atoms with Gasteiger partial charge in [-0.05, 0) is 24.5 Å². The van der Waals surface area contributed by atoms with E-state index >= 15 is 0 Å². The van der Waals surface area contributed by atoms with E-state index in [0.717, 1.165) is 22.1 Å². The van der Waals surface area contributed by atoms with E-state index in [9.17, 15) is 4.79 Å². The van der Waals surface area contributed by atoms with E-state index in [-0.39, 0.29) is 11.9 Å². The van der Waals surface area contributed by atoms with Crippen molar-refractivity contribution in [3.63, 3.8) is 0 Å². The van der Waals surface area contributed by atoms with Crippen LogP contribution in [0.15, 0.2) is 46.9 Å². The largest absolute Gasteiger partial charge is 0.349 e. The Bertz CT molecular complexity index is 902. The SMILES string of the molecule is CC(C)c1cc(-c2nnc(SCC(=O)NC(C)c3ccccc3)n2C)cs1. The number of aromatic nitrogens is 3. The predicted molar refractivity (Wildman–Crippen MR) is 112 cm³/mol. The van der Waals surface area contributed by atoms with Crippen LogP contribution in [0.5, 0.6) is 0 Å². The van der Waals surface area contributed by atoms with Crippen LogP contribution in [0.25, 0.3) is 11.4 Å². The Hall–Kier alpha value is -2.12. The number of thiophene rings is 1. The van der Waals surface area contributed by atoms with E-state index in [1.165, 1.54) is 16.6 Å². The normalized spacial score (nSPS) is 12.3. The molecule has 0 radical (unpaired) electrons. The molecule has 2 heterocycles. The third-order valence-electron chi connectivity index (χ3n) is 4.29. The minimum Gasteiger partial charge on any atom is -0.349 e. The third-order valence-corrected chi connectivity index (χ3v) is 6.54. The highest BCUT2D eigenvalue weighted by molar-refractivity contribution is 7.99. The zero-order valence-electron chi connectivity index (χ0n) is 16.0. The fraction of sp³-hybridized carbons (Fsp3) is 0.350. The van der Waals surface area contributed by atoms with Crippen LogP contribution in [0.3, 0.4) is 0 Å². The van der Waals surface area contributed by atoms with Gasteiger partial charge in [-0.2, -0.15) is 0 Å². The molecule has 5 nitrogen and oxygen atoms in total. The molecule has 142 valence electrons. The molecule has 0 aliphatic rings. The highest BCUT2D eigenvalue weighted by Crippen LogP contribution is 2.30. The second-order valence-corrected chi connectivity index (χ2v) is 8.63. The average molecular weight is 401 g/mol. The molecule has 0 saturated carbocycles. The number of nitrogens with one attached hydrogen (secondary N) is 1. The molecule has 1 atom stereocenters. The molecule has 0 bridgehead atoms. The maximum absolute atomic E-state index is 12.3. The molecule has 7 heteroatoms. The Balaban J connectivity index is 1.60. The zero-order chi connectivity index (χ0) is 19.4. The van der Waals surface area contributed by atoms with Gasteiger partial charge in [-0.1, -0.05) is 55.9 Å². The van der Waals surface area contributed by atoms with E-state index in [1.807, 2.05) is 48.9 Å². The van der Waals surface area contributed by atoms with Gasteiger partial charge in [0.05, 0.1) is 11.8 Å². The average Bonchev–Trinajstić information content (AvgIpc) is 3.27. The van der Waals surface area contributed by atoms with Crippen molar-refractivity contribution in [1.29, 1.82) is 0 Å². The van der Waals surface area contributed by atoms with Gasteiger partial charge in [-0.15, -0.1) is 21.5 Å². The molecule has 0 aliphatic heterocycles. The summed E-state index contributed by atoms with van der Waals surface area (Å²) in [4.78, 5) is 13.6. The molecule has 27 heavy (non-hydrogen) atoms. The summed E-state index contributed by atoms with van der Waals surface area (Å²) < 4.78 is 1.95. The van der Waals surface area contributed by atoms with E-state index in [1.54, 1.807) is 11.3 Å². The maximum Gasteiger partial charge on any atom is 0.230 e. The van der Waals surface area contributed by atoms with Crippen LogP contribution in [-0.2, 0) is 11.8 Å². The van der Waals surface area contributed by atoms with Crippen molar-refractivity contribution < 1.29 is 4.79 Å². The quantitative estimate of drug-likeness (QED) is 0.587. The summed E-state index contributed by atoms with van der Waals surface area (Å²) in [5, 5.41) is 14.4. The monoisotopic (exact) mass is 400 g/mol. The van der Waals surface area contributed by atoms with E-state index in [2.05, 4.69) is 40.8 Å². The molecule has 2 aromatic heterocycles. The highest BCUT2D eigenvalue weighted by atomic mass is 32.2. The Morgan fingerprint density at radius 1 is 1.22 bits per heavy atom. The second kappa shape index (κ2) is 8.71. The lowest BCUT2D eigenvalue weighted by atomic mass is 10.1. The standard InChI is InChI=1S/C20H24N4OS2/c1-13(2)17-10-16(11-26-17)19-22-23-20(24(19)4)27-12-18(25)21-14(3)15-8-6-5-7-9-15/h5-11,13-14H,12H2,1-4H3,(H,21,25). The second-order valence-electron chi connectivity index (χ2n) is 6.75. The Morgan fingerprint density at radius 3 is 2.63 bits per heavy atom. The van der Waals surface area contributed by atoms with E-state index < -0.39 is 0 Å². The van der Waals surface area contributed by atoms with E-state index in [0.29, 0.717) is 11.7 Å². The fourth-order valence-corrected chi connectivity index (χ4v) is 4.33. The number of carbonyl (C=O) groups excluding carboxylic acids is 1. The molecule has 1 unspecified atom stereocenters. The van der Waals surface area contributed by atoms with Crippen LogP contribution in [0.4, 0.5) is 0 Å². The number of carbonyl (C=O) groups is 1. The van der Waals surface area contributed by atoms with Crippen molar-refractivity contribution in [2.75, 3.05) is 5.75 Å². The summed E-state index contributed by atoms with van der Waals surface area (Å²) in [5.74, 6) is 1.63. The third kappa shape index (κ3) is 4.78. The fourth-order valence-electron chi connectivity index (χ4n) is 2.70. The Labute approximate surface area is 168 Å². The van der Waals surface area contributed by atoms with Crippen LogP contribution in [0, 0.1) is 0 Å². The lowest BCUT2D eigenvalue weighted by molar-refractivity contribution is -0.119. The van der Waals surface area contributed by atoms with Gasteiger partial charge in [0.1, 0.15) is 0 Å². The Kier molecular flexibility index (Phi) is 6.34. The molecule has 0 spiro atoms. The maximum atomic E-state index is 12.3. The van der Waals surface area contributed by atoms with Gasteiger partial charge in [0.25, 0.3) is 0 Å². The van der Waals surface area contributed by atoms with Crippen molar-refractivity contribution in [3.05, 3.63) is 52.2 Å². The number of thioether (sulfide) groups is 1. The van der Waals surface area contributed by atoms with Crippen LogP contribution in [0.2, 0.25) is 0 Å². The number of hydrogen-bond donors (Lipinski definition) is 1. The first-order valence-electron chi connectivity index (χ1n) is 8.91. The highest BCUT2D eigenvalue weighted by Gasteiger charge is 2.16. The first kappa shape index (κ1) is 19.6. The van der Waals surface area contributed by atoms with Gasteiger partial charge >= 0.3 is 0 Å². The lowest BCUT2D eigenvalue weighted by Gasteiger charge is -2.13. The molecular formula is C20H24N4OS2. The van der Waals surface area contributed by atoms with Crippen LogP contribution in [0.1, 0.15) is 43.2 Å². The minimum absolute atomic E-state index is 0.0152. The summed E-state index contributed by atoms with van der Waals surface area (Å²) in [7, 11) is 1.94. The van der Waals surface area contributed by atoms with E-state index in [4.69, 9.17) is 0 Å². The van der Waals surface area contributed by atoms with Crippen LogP contribution < -0.4 is 5.32 Å². The molecule has 0 aliphatic carbocycles. The van der Waals surface area contributed by atoms with Crippen molar-refractivity contribution in [3.8, 4) is 11.4 Å². The number of amides is 1. The smallest absolute Gasteiger partial charge is 0.230 e. The lowest BCUT2D eigenvalue weighted by Crippen LogP contribution is -2.28. The summed E-state index contributed by atoms with van der Waals surface area (Å²) in [5.41, 5.74) is 2.17. The van der Waals surface area contributed by atoms with Crippen molar-refractivity contribution >= 4 is 29.0 Å². The number of rotatable bonds is 7. The molecule has 1 aromatic carbocycles. The summed E-state index contributed by atoms with van der Waals surface area (Å²) >= 11 is 3.14. The molecular weight excluding hydrogens is 376 g/mol. The minimum atomic E-state index is -0.0189. The first-order valence-corrected chi connectivity index (χ1v) is 10.8. The van der Waals surface area contributed by atoms with Gasteiger partial charge < -0.3 is 9.88 Å². The predicted octanol–water partition coefficient (Wildman–Crippen LogP) is 4.64. The number of nitrogens with zero attached hydrogens (tertiary/aromatic N) is 3. The van der Waals surface area contributed by atoms with Crippen molar-refractivity contribution in [2.45, 2.75) is 37.9 Å². The van der Waals surface area contributed by atoms with Crippen LogP contribution >= 0.6 is 23.1 Å². The molecule has 1 amide bonds. The molecule has 1 N–H and O–H groups in total. The van der Waals surface area contributed by atoms with Crippen molar-refractivity contribution in [2.24, 2.45) is 7.05 Å². The summed E-state index contributed by atoms with van der Waals surface area (Å²) in [6.07, 6.45) is 0. The summed E-state index contributed by atoms with van der Waals surface area (Å²) in [6.45, 7) is 6.35. The Morgan fingerprint density at radius 2 is 1.96 bits per heavy atom. The van der Waals surface area contributed by atoms with Gasteiger partial charge in [-0.25, -0.2) is 0 Å². The number of benzene rings is 1.